The third kappa shape index (κ3) is 2.62. The Kier molecular flexibility index (Phi) is 3.82. The van der Waals surface area contributed by atoms with E-state index in [1.807, 2.05) is 11.7 Å². The average molecular weight is 243 g/mol. The van der Waals surface area contributed by atoms with Gasteiger partial charge in [-0.05, 0) is 26.0 Å². The van der Waals surface area contributed by atoms with Crippen molar-refractivity contribution in [2.45, 2.75) is 26.8 Å². The van der Waals surface area contributed by atoms with Crippen molar-refractivity contribution in [3.8, 4) is 0 Å². The fourth-order valence-electron chi connectivity index (χ4n) is 2.36. The lowest BCUT2D eigenvalue weighted by Crippen LogP contribution is -2.22. The first kappa shape index (κ1) is 12.8. The van der Waals surface area contributed by atoms with Crippen molar-refractivity contribution in [3.05, 3.63) is 52.8 Å². The van der Waals surface area contributed by atoms with Crippen LogP contribution in [-0.4, -0.2) is 16.3 Å². The normalized spacial score (nSPS) is 12.7. The summed E-state index contributed by atoms with van der Waals surface area (Å²) < 4.78 is 1.88. The molecule has 0 saturated heterocycles. The summed E-state index contributed by atoms with van der Waals surface area (Å²) in [5.41, 5.74) is 4.93. The van der Waals surface area contributed by atoms with Crippen LogP contribution in [0.2, 0.25) is 0 Å². The van der Waals surface area contributed by atoms with Gasteiger partial charge in [0.2, 0.25) is 0 Å². The number of aryl methyl sites for hydroxylation is 3. The highest BCUT2D eigenvalue weighted by Gasteiger charge is 2.17. The molecule has 1 heterocycles. The first-order valence-electron chi connectivity index (χ1n) is 6.42. The standard InChI is InChI=1S/C15H21N3/c1-5-16-15(13-8-6-7-11(2)9-13)14-10-18(4)17-12(14)3/h6-10,15-16H,5H2,1-4H3. The highest BCUT2D eigenvalue weighted by Crippen LogP contribution is 2.24. The van der Waals surface area contributed by atoms with E-state index in [-0.39, 0.29) is 6.04 Å². The second kappa shape index (κ2) is 5.36. The minimum atomic E-state index is 0.226. The zero-order valence-corrected chi connectivity index (χ0v) is 11.6. The van der Waals surface area contributed by atoms with Crippen LogP contribution in [0.25, 0.3) is 0 Å². The van der Waals surface area contributed by atoms with Crippen molar-refractivity contribution in [1.82, 2.24) is 15.1 Å². The van der Waals surface area contributed by atoms with Crippen molar-refractivity contribution in [2.75, 3.05) is 6.54 Å². The Morgan fingerprint density at radius 1 is 1.33 bits per heavy atom. The molecule has 18 heavy (non-hydrogen) atoms. The quantitative estimate of drug-likeness (QED) is 0.895. The van der Waals surface area contributed by atoms with Crippen molar-refractivity contribution in [3.63, 3.8) is 0 Å². The lowest BCUT2D eigenvalue weighted by Gasteiger charge is -2.18. The molecular weight excluding hydrogens is 222 g/mol. The molecule has 3 heteroatoms. The molecule has 0 saturated carbocycles. The Balaban J connectivity index is 2.42. The van der Waals surface area contributed by atoms with Gasteiger partial charge in [0.15, 0.2) is 0 Å². The summed E-state index contributed by atoms with van der Waals surface area (Å²) in [6, 6.07) is 8.87. The van der Waals surface area contributed by atoms with Crippen LogP contribution in [0, 0.1) is 13.8 Å². The maximum atomic E-state index is 4.44. The smallest absolute Gasteiger partial charge is 0.0644 e. The van der Waals surface area contributed by atoms with Gasteiger partial charge < -0.3 is 5.32 Å². The van der Waals surface area contributed by atoms with Gasteiger partial charge >= 0.3 is 0 Å². The molecule has 3 nitrogen and oxygen atoms in total. The molecule has 0 amide bonds. The van der Waals surface area contributed by atoms with E-state index in [9.17, 15) is 0 Å². The fourth-order valence-corrected chi connectivity index (χ4v) is 2.36. The van der Waals surface area contributed by atoms with Gasteiger partial charge in [-0.15, -0.1) is 0 Å². The summed E-state index contributed by atoms with van der Waals surface area (Å²) in [6.45, 7) is 7.26. The summed E-state index contributed by atoms with van der Waals surface area (Å²) in [5, 5.41) is 7.98. The average Bonchev–Trinajstić information content (AvgIpc) is 2.65. The van der Waals surface area contributed by atoms with Crippen LogP contribution in [0.15, 0.2) is 30.5 Å². The molecule has 1 unspecified atom stereocenters. The zero-order chi connectivity index (χ0) is 13.1. The molecule has 0 aliphatic heterocycles. The number of benzene rings is 1. The van der Waals surface area contributed by atoms with Crippen LogP contribution in [0.3, 0.4) is 0 Å². The largest absolute Gasteiger partial charge is 0.306 e. The molecule has 0 radical (unpaired) electrons. The Morgan fingerprint density at radius 3 is 2.67 bits per heavy atom. The molecule has 2 rings (SSSR count). The zero-order valence-electron chi connectivity index (χ0n) is 11.6. The van der Waals surface area contributed by atoms with Gasteiger partial charge in [0, 0.05) is 18.8 Å². The predicted octanol–water partition coefficient (Wildman–Crippen LogP) is 2.74. The lowest BCUT2D eigenvalue weighted by atomic mass is 9.98. The van der Waals surface area contributed by atoms with E-state index in [2.05, 4.69) is 61.6 Å². The Labute approximate surface area is 109 Å². The van der Waals surface area contributed by atoms with E-state index in [4.69, 9.17) is 0 Å². The minimum Gasteiger partial charge on any atom is -0.306 e. The number of hydrogen-bond donors (Lipinski definition) is 1. The van der Waals surface area contributed by atoms with E-state index in [1.165, 1.54) is 16.7 Å². The van der Waals surface area contributed by atoms with Gasteiger partial charge in [-0.3, -0.25) is 4.68 Å². The second-order valence-electron chi connectivity index (χ2n) is 4.75. The molecule has 0 fully saturated rings. The third-order valence-electron chi connectivity index (χ3n) is 3.15. The van der Waals surface area contributed by atoms with Crippen LogP contribution in [0.1, 0.15) is 35.3 Å². The van der Waals surface area contributed by atoms with Gasteiger partial charge in [-0.2, -0.15) is 5.10 Å². The van der Waals surface area contributed by atoms with E-state index in [1.54, 1.807) is 0 Å². The van der Waals surface area contributed by atoms with Crippen LogP contribution < -0.4 is 5.32 Å². The number of nitrogens with zero attached hydrogens (tertiary/aromatic N) is 2. The monoisotopic (exact) mass is 243 g/mol. The van der Waals surface area contributed by atoms with Crippen molar-refractivity contribution >= 4 is 0 Å². The van der Waals surface area contributed by atoms with E-state index >= 15 is 0 Å². The molecular formula is C15H21N3. The van der Waals surface area contributed by atoms with Crippen LogP contribution >= 0.6 is 0 Å². The van der Waals surface area contributed by atoms with Gasteiger partial charge in [0.05, 0.1) is 11.7 Å². The topological polar surface area (TPSA) is 29.9 Å². The Hall–Kier alpha value is -1.61. The predicted molar refractivity (Wildman–Crippen MR) is 74.6 cm³/mol. The summed E-state index contributed by atoms with van der Waals surface area (Å²) in [6.07, 6.45) is 2.10. The summed E-state index contributed by atoms with van der Waals surface area (Å²) in [4.78, 5) is 0. The molecule has 0 aliphatic carbocycles. The van der Waals surface area contributed by atoms with E-state index in [0.29, 0.717) is 0 Å². The maximum Gasteiger partial charge on any atom is 0.0644 e. The summed E-state index contributed by atoms with van der Waals surface area (Å²) in [7, 11) is 1.97. The molecule has 1 aromatic carbocycles. The Bertz CT molecular complexity index is 528. The molecule has 1 N–H and O–H groups in total. The van der Waals surface area contributed by atoms with Gasteiger partial charge in [0.25, 0.3) is 0 Å². The minimum absolute atomic E-state index is 0.226. The number of hydrogen-bond acceptors (Lipinski definition) is 2. The number of aromatic nitrogens is 2. The number of nitrogens with one attached hydrogen (secondary N) is 1. The van der Waals surface area contributed by atoms with Crippen LogP contribution in [0.4, 0.5) is 0 Å². The highest BCUT2D eigenvalue weighted by molar-refractivity contribution is 5.34. The van der Waals surface area contributed by atoms with Gasteiger partial charge in [0.1, 0.15) is 0 Å². The van der Waals surface area contributed by atoms with Crippen LogP contribution in [0.5, 0.6) is 0 Å². The molecule has 0 bridgehead atoms. The first-order chi connectivity index (χ1) is 8.61. The van der Waals surface area contributed by atoms with Crippen molar-refractivity contribution < 1.29 is 0 Å². The summed E-state index contributed by atoms with van der Waals surface area (Å²) >= 11 is 0. The fraction of sp³-hybridized carbons (Fsp3) is 0.400. The second-order valence-corrected chi connectivity index (χ2v) is 4.75. The first-order valence-corrected chi connectivity index (χ1v) is 6.42. The van der Waals surface area contributed by atoms with Crippen molar-refractivity contribution in [1.29, 1.82) is 0 Å². The number of rotatable bonds is 4. The van der Waals surface area contributed by atoms with Crippen LogP contribution in [-0.2, 0) is 7.05 Å². The molecule has 2 aromatic rings. The lowest BCUT2D eigenvalue weighted by molar-refractivity contribution is 0.627. The molecule has 1 aromatic heterocycles. The van der Waals surface area contributed by atoms with Crippen molar-refractivity contribution in [2.24, 2.45) is 7.05 Å². The van der Waals surface area contributed by atoms with Gasteiger partial charge in [-0.25, -0.2) is 0 Å². The third-order valence-corrected chi connectivity index (χ3v) is 3.15. The maximum absolute atomic E-state index is 4.44. The summed E-state index contributed by atoms with van der Waals surface area (Å²) in [5.74, 6) is 0. The van der Waals surface area contributed by atoms with E-state index < -0.39 is 0 Å². The Morgan fingerprint density at radius 2 is 2.11 bits per heavy atom. The van der Waals surface area contributed by atoms with Gasteiger partial charge in [-0.1, -0.05) is 36.8 Å². The SMILES string of the molecule is CCNC(c1cccc(C)c1)c1cn(C)nc1C. The highest BCUT2D eigenvalue weighted by atomic mass is 15.3. The van der Waals surface area contributed by atoms with E-state index in [0.717, 1.165) is 12.2 Å². The molecule has 96 valence electrons. The molecule has 1 atom stereocenters. The molecule has 0 aliphatic rings. The molecule has 0 spiro atoms.